The molecule has 2 heteroatoms. The zero-order valence-electron chi connectivity index (χ0n) is 11.0. The largest absolute Gasteiger partial charge is 0.311 e. The predicted molar refractivity (Wildman–Crippen MR) is 69.7 cm³/mol. The first-order chi connectivity index (χ1) is 7.85. The summed E-state index contributed by atoms with van der Waals surface area (Å²) in [5, 5.41) is 3.76. The zero-order chi connectivity index (χ0) is 11.4. The van der Waals surface area contributed by atoms with Crippen molar-refractivity contribution >= 4 is 0 Å². The van der Waals surface area contributed by atoms with Crippen LogP contribution in [0.2, 0.25) is 0 Å². The molecule has 16 heavy (non-hydrogen) atoms. The van der Waals surface area contributed by atoms with Crippen LogP contribution in [0.25, 0.3) is 0 Å². The summed E-state index contributed by atoms with van der Waals surface area (Å²) >= 11 is 0. The van der Waals surface area contributed by atoms with Crippen molar-refractivity contribution in [3.05, 3.63) is 0 Å². The second-order valence-electron chi connectivity index (χ2n) is 5.62. The summed E-state index contributed by atoms with van der Waals surface area (Å²) in [5.41, 5.74) is 0. The Hall–Kier alpha value is -0.0800. The van der Waals surface area contributed by atoms with Crippen LogP contribution < -0.4 is 5.32 Å². The lowest BCUT2D eigenvalue weighted by Crippen LogP contribution is -2.57. The van der Waals surface area contributed by atoms with Gasteiger partial charge in [-0.2, -0.15) is 0 Å². The van der Waals surface area contributed by atoms with Gasteiger partial charge in [0, 0.05) is 25.2 Å². The Balaban J connectivity index is 1.78. The molecule has 0 aromatic carbocycles. The fourth-order valence-electron chi connectivity index (χ4n) is 2.94. The number of hydrogen-bond donors (Lipinski definition) is 1. The zero-order valence-corrected chi connectivity index (χ0v) is 11.0. The van der Waals surface area contributed by atoms with Crippen LogP contribution in [0.3, 0.4) is 0 Å². The molecule has 1 saturated carbocycles. The van der Waals surface area contributed by atoms with E-state index in [1.165, 1.54) is 58.2 Å². The van der Waals surface area contributed by atoms with Crippen molar-refractivity contribution in [2.45, 2.75) is 64.5 Å². The molecule has 94 valence electrons. The van der Waals surface area contributed by atoms with Gasteiger partial charge in [-0.3, -0.25) is 4.90 Å². The van der Waals surface area contributed by atoms with Gasteiger partial charge in [0.25, 0.3) is 0 Å². The Kier molecular flexibility index (Phi) is 4.66. The first-order valence-corrected chi connectivity index (χ1v) is 7.32. The summed E-state index contributed by atoms with van der Waals surface area (Å²) in [7, 11) is 0. The highest BCUT2D eigenvalue weighted by Gasteiger charge is 2.36. The van der Waals surface area contributed by atoms with E-state index in [0.29, 0.717) is 0 Å². The van der Waals surface area contributed by atoms with E-state index in [0.717, 1.165) is 18.0 Å². The average Bonchev–Trinajstić information content (AvgIpc) is 3.13. The van der Waals surface area contributed by atoms with Gasteiger partial charge in [0.2, 0.25) is 0 Å². The monoisotopic (exact) mass is 224 g/mol. The second kappa shape index (κ2) is 6.02. The third-order valence-corrected chi connectivity index (χ3v) is 4.27. The molecule has 0 amide bonds. The Bertz CT molecular complexity index is 201. The molecule has 2 rings (SSSR count). The van der Waals surface area contributed by atoms with Crippen molar-refractivity contribution < 1.29 is 0 Å². The SMILES string of the molecule is CCCCCN1CC(C2CC2)NCC1CC. The third kappa shape index (κ3) is 3.21. The van der Waals surface area contributed by atoms with Crippen molar-refractivity contribution in [2.75, 3.05) is 19.6 Å². The van der Waals surface area contributed by atoms with Crippen LogP contribution in [0.15, 0.2) is 0 Å². The topological polar surface area (TPSA) is 15.3 Å². The molecule has 1 aliphatic heterocycles. The molecule has 1 saturated heterocycles. The van der Waals surface area contributed by atoms with E-state index in [-0.39, 0.29) is 0 Å². The number of rotatable bonds is 6. The summed E-state index contributed by atoms with van der Waals surface area (Å²) in [4.78, 5) is 2.76. The minimum absolute atomic E-state index is 0.798. The molecule has 1 aliphatic carbocycles. The number of unbranched alkanes of at least 4 members (excludes halogenated alkanes) is 2. The number of hydrogen-bond acceptors (Lipinski definition) is 2. The summed E-state index contributed by atoms with van der Waals surface area (Å²) in [5.74, 6) is 1.01. The maximum Gasteiger partial charge on any atom is 0.0224 e. The molecule has 0 aromatic heterocycles. The second-order valence-corrected chi connectivity index (χ2v) is 5.62. The molecule has 2 aliphatic rings. The molecule has 2 fully saturated rings. The van der Waals surface area contributed by atoms with Crippen molar-refractivity contribution in [3.8, 4) is 0 Å². The summed E-state index contributed by atoms with van der Waals surface area (Å²) in [6.45, 7) is 8.49. The summed E-state index contributed by atoms with van der Waals surface area (Å²) in [6.07, 6.45) is 8.37. The van der Waals surface area contributed by atoms with Crippen LogP contribution in [-0.2, 0) is 0 Å². The van der Waals surface area contributed by atoms with E-state index >= 15 is 0 Å². The van der Waals surface area contributed by atoms with E-state index in [1.54, 1.807) is 0 Å². The van der Waals surface area contributed by atoms with Crippen molar-refractivity contribution in [1.82, 2.24) is 10.2 Å². The fraction of sp³-hybridized carbons (Fsp3) is 1.00. The van der Waals surface area contributed by atoms with Crippen molar-refractivity contribution in [3.63, 3.8) is 0 Å². The van der Waals surface area contributed by atoms with E-state index in [9.17, 15) is 0 Å². The minimum Gasteiger partial charge on any atom is -0.311 e. The number of nitrogens with zero attached hydrogens (tertiary/aromatic N) is 1. The van der Waals surface area contributed by atoms with E-state index in [2.05, 4.69) is 24.1 Å². The lowest BCUT2D eigenvalue weighted by atomic mass is 10.0. The Morgan fingerprint density at radius 3 is 2.62 bits per heavy atom. The van der Waals surface area contributed by atoms with Crippen molar-refractivity contribution in [1.29, 1.82) is 0 Å². The van der Waals surface area contributed by atoms with Gasteiger partial charge in [-0.05, 0) is 38.1 Å². The predicted octanol–water partition coefficient (Wildman–Crippen LogP) is 2.64. The van der Waals surface area contributed by atoms with Crippen LogP contribution in [0, 0.1) is 5.92 Å². The molecule has 0 aromatic rings. The molecule has 0 radical (unpaired) electrons. The van der Waals surface area contributed by atoms with Crippen LogP contribution in [-0.4, -0.2) is 36.6 Å². The van der Waals surface area contributed by atoms with Crippen LogP contribution >= 0.6 is 0 Å². The van der Waals surface area contributed by atoms with E-state index in [4.69, 9.17) is 0 Å². The first-order valence-electron chi connectivity index (χ1n) is 7.32. The van der Waals surface area contributed by atoms with Gasteiger partial charge in [0.15, 0.2) is 0 Å². The van der Waals surface area contributed by atoms with Gasteiger partial charge in [0.05, 0.1) is 0 Å². The van der Waals surface area contributed by atoms with Crippen LogP contribution in [0.1, 0.15) is 52.4 Å². The van der Waals surface area contributed by atoms with Gasteiger partial charge >= 0.3 is 0 Å². The molecule has 0 bridgehead atoms. The Labute approximate surface area is 101 Å². The van der Waals surface area contributed by atoms with Gasteiger partial charge in [-0.1, -0.05) is 26.7 Å². The molecular weight excluding hydrogens is 196 g/mol. The van der Waals surface area contributed by atoms with E-state index < -0.39 is 0 Å². The van der Waals surface area contributed by atoms with Crippen LogP contribution in [0.4, 0.5) is 0 Å². The third-order valence-electron chi connectivity index (χ3n) is 4.27. The Morgan fingerprint density at radius 1 is 1.19 bits per heavy atom. The fourth-order valence-corrected chi connectivity index (χ4v) is 2.94. The quantitative estimate of drug-likeness (QED) is 0.698. The Morgan fingerprint density at radius 2 is 2.00 bits per heavy atom. The normalized spacial score (nSPS) is 31.9. The molecule has 2 nitrogen and oxygen atoms in total. The highest BCUT2D eigenvalue weighted by molar-refractivity contribution is 4.94. The summed E-state index contributed by atoms with van der Waals surface area (Å²) in [6, 6.07) is 1.61. The highest BCUT2D eigenvalue weighted by Crippen LogP contribution is 2.34. The maximum atomic E-state index is 3.76. The van der Waals surface area contributed by atoms with E-state index in [1.807, 2.05) is 0 Å². The molecule has 2 atom stereocenters. The minimum atomic E-state index is 0.798. The number of nitrogens with one attached hydrogen (secondary N) is 1. The van der Waals surface area contributed by atoms with Gasteiger partial charge < -0.3 is 5.32 Å². The van der Waals surface area contributed by atoms with Crippen molar-refractivity contribution in [2.24, 2.45) is 5.92 Å². The molecule has 2 unspecified atom stereocenters. The van der Waals surface area contributed by atoms with Gasteiger partial charge in [-0.15, -0.1) is 0 Å². The molecule has 1 N–H and O–H groups in total. The van der Waals surface area contributed by atoms with Gasteiger partial charge in [0.1, 0.15) is 0 Å². The molecular formula is C14H28N2. The van der Waals surface area contributed by atoms with Gasteiger partial charge in [-0.25, -0.2) is 0 Å². The standard InChI is InChI=1S/C14H28N2/c1-3-5-6-9-16-11-14(12-7-8-12)15-10-13(16)4-2/h12-15H,3-11H2,1-2H3. The lowest BCUT2D eigenvalue weighted by Gasteiger charge is -2.40. The van der Waals surface area contributed by atoms with Crippen LogP contribution in [0.5, 0.6) is 0 Å². The number of piperazine rings is 1. The first kappa shape index (κ1) is 12.4. The molecule has 0 spiro atoms. The lowest BCUT2D eigenvalue weighted by molar-refractivity contribution is 0.117. The summed E-state index contributed by atoms with van der Waals surface area (Å²) < 4.78 is 0. The average molecular weight is 224 g/mol. The smallest absolute Gasteiger partial charge is 0.0224 e. The maximum absolute atomic E-state index is 3.76. The molecule has 1 heterocycles. The highest BCUT2D eigenvalue weighted by atomic mass is 15.2.